The van der Waals surface area contributed by atoms with Crippen LogP contribution in [0.5, 0.6) is 0 Å². The number of benzene rings is 1. The van der Waals surface area contributed by atoms with Gasteiger partial charge in [0.15, 0.2) is 5.54 Å². The van der Waals surface area contributed by atoms with Crippen LogP contribution in [0.2, 0.25) is 0 Å². The number of nitrogens with zero attached hydrogens (tertiary/aromatic N) is 5. The number of carboxylic acids is 1. The molecular formula is C13H14N6O2. The normalized spacial score (nSPS) is 14.2. The van der Waals surface area contributed by atoms with Crippen molar-refractivity contribution in [3.8, 4) is 11.5 Å². The monoisotopic (exact) mass is 286 g/mol. The predicted molar refractivity (Wildman–Crippen MR) is 74.5 cm³/mol. The summed E-state index contributed by atoms with van der Waals surface area (Å²) < 4.78 is 1.32. The summed E-state index contributed by atoms with van der Waals surface area (Å²) in [5.41, 5.74) is 0.158. The summed E-state index contributed by atoms with van der Waals surface area (Å²) in [7, 11) is 0. The molecule has 2 heterocycles. The van der Waals surface area contributed by atoms with E-state index in [1.165, 1.54) is 4.68 Å². The number of hydrogen-bond donors (Lipinski definition) is 2. The lowest BCUT2D eigenvalue weighted by Gasteiger charge is -2.23. The molecule has 0 saturated heterocycles. The van der Waals surface area contributed by atoms with E-state index >= 15 is 0 Å². The lowest BCUT2D eigenvalue weighted by atomic mass is 9.99. The number of carbonyl (C=O) groups is 1. The first kappa shape index (κ1) is 13.2. The zero-order valence-corrected chi connectivity index (χ0v) is 11.6. The third kappa shape index (κ3) is 1.87. The van der Waals surface area contributed by atoms with Gasteiger partial charge in [0.25, 0.3) is 0 Å². The first-order valence-electron chi connectivity index (χ1n) is 6.53. The molecule has 1 atom stereocenters. The Hall–Kier alpha value is -2.77. The molecule has 108 valence electrons. The molecule has 1 aromatic carbocycles. The molecule has 0 fully saturated rings. The van der Waals surface area contributed by atoms with E-state index in [1.54, 1.807) is 13.8 Å². The number of para-hydroxylation sites is 1. The van der Waals surface area contributed by atoms with Crippen molar-refractivity contribution in [1.29, 1.82) is 0 Å². The summed E-state index contributed by atoms with van der Waals surface area (Å²) >= 11 is 0. The number of carboxylic acid groups (broad SMARTS) is 1. The molecule has 0 radical (unpaired) electrons. The average molecular weight is 286 g/mol. The van der Waals surface area contributed by atoms with Crippen LogP contribution >= 0.6 is 0 Å². The number of fused-ring (bicyclic) bond motifs is 1. The van der Waals surface area contributed by atoms with Gasteiger partial charge in [-0.25, -0.2) is 9.48 Å². The van der Waals surface area contributed by atoms with Gasteiger partial charge in [-0.15, -0.1) is 5.10 Å². The number of aliphatic carboxylic acids is 1. The van der Waals surface area contributed by atoms with Gasteiger partial charge < -0.3 is 5.11 Å². The van der Waals surface area contributed by atoms with E-state index in [0.717, 1.165) is 10.9 Å². The highest BCUT2D eigenvalue weighted by molar-refractivity contribution is 5.91. The van der Waals surface area contributed by atoms with Gasteiger partial charge in [0, 0.05) is 5.39 Å². The van der Waals surface area contributed by atoms with Crippen LogP contribution < -0.4 is 0 Å². The van der Waals surface area contributed by atoms with Gasteiger partial charge in [0.05, 0.1) is 5.52 Å². The summed E-state index contributed by atoms with van der Waals surface area (Å²) in [4.78, 5) is 11.6. The average Bonchev–Trinajstić information content (AvgIpc) is 3.12. The fourth-order valence-electron chi connectivity index (χ4n) is 2.19. The summed E-state index contributed by atoms with van der Waals surface area (Å²) in [5.74, 6) is -0.655. The van der Waals surface area contributed by atoms with Gasteiger partial charge >= 0.3 is 5.97 Å². The highest BCUT2D eigenvalue weighted by Gasteiger charge is 2.38. The molecule has 8 heteroatoms. The standard InChI is InChI=1S/C13H14N6O2/c1-3-13(2,12(20)21)19-11(16-17-18-19)10-8-6-4-5-7-9(8)14-15-10/h4-7H,3H2,1-2H3,(H,14,15)(H,20,21). The third-order valence-electron chi connectivity index (χ3n) is 3.77. The zero-order valence-electron chi connectivity index (χ0n) is 11.6. The van der Waals surface area contributed by atoms with Crippen LogP contribution in [0.4, 0.5) is 0 Å². The molecular weight excluding hydrogens is 272 g/mol. The van der Waals surface area contributed by atoms with E-state index in [9.17, 15) is 9.90 Å². The van der Waals surface area contributed by atoms with Crippen LogP contribution in [0.25, 0.3) is 22.4 Å². The van der Waals surface area contributed by atoms with Crippen molar-refractivity contribution in [3.05, 3.63) is 24.3 Å². The summed E-state index contributed by atoms with van der Waals surface area (Å²) in [6.07, 6.45) is 0.350. The highest BCUT2D eigenvalue weighted by Crippen LogP contribution is 2.29. The summed E-state index contributed by atoms with van der Waals surface area (Å²) in [6.45, 7) is 3.37. The van der Waals surface area contributed by atoms with Crippen molar-refractivity contribution < 1.29 is 9.90 Å². The van der Waals surface area contributed by atoms with E-state index < -0.39 is 11.5 Å². The Balaban J connectivity index is 2.22. The smallest absolute Gasteiger partial charge is 0.331 e. The van der Waals surface area contributed by atoms with Crippen LogP contribution in [0.15, 0.2) is 24.3 Å². The molecule has 8 nitrogen and oxygen atoms in total. The molecule has 2 N–H and O–H groups in total. The van der Waals surface area contributed by atoms with Crippen LogP contribution in [-0.4, -0.2) is 41.5 Å². The van der Waals surface area contributed by atoms with Crippen molar-refractivity contribution in [2.24, 2.45) is 0 Å². The minimum absolute atomic E-state index is 0.333. The lowest BCUT2D eigenvalue weighted by molar-refractivity contribution is -0.147. The van der Waals surface area contributed by atoms with Crippen molar-refractivity contribution in [1.82, 2.24) is 30.4 Å². The predicted octanol–water partition coefficient (Wildman–Crippen LogP) is 1.43. The third-order valence-corrected chi connectivity index (χ3v) is 3.77. The lowest BCUT2D eigenvalue weighted by Crippen LogP contribution is -2.39. The second-order valence-electron chi connectivity index (χ2n) is 4.96. The summed E-state index contributed by atoms with van der Waals surface area (Å²) in [6, 6.07) is 7.54. The number of rotatable bonds is 4. The quantitative estimate of drug-likeness (QED) is 0.750. The van der Waals surface area contributed by atoms with Crippen LogP contribution in [-0.2, 0) is 10.3 Å². The maximum atomic E-state index is 11.6. The second-order valence-corrected chi connectivity index (χ2v) is 4.96. The molecule has 2 aromatic heterocycles. The number of aromatic amines is 1. The molecule has 0 bridgehead atoms. The molecule has 0 aliphatic carbocycles. The minimum atomic E-state index is -1.22. The van der Waals surface area contributed by atoms with Crippen molar-refractivity contribution >= 4 is 16.9 Å². The Bertz CT molecular complexity index is 808. The van der Waals surface area contributed by atoms with Gasteiger partial charge in [-0.05, 0) is 29.8 Å². The van der Waals surface area contributed by atoms with Gasteiger partial charge in [-0.2, -0.15) is 5.10 Å². The number of nitrogens with one attached hydrogen (secondary N) is 1. The molecule has 1 unspecified atom stereocenters. The molecule has 21 heavy (non-hydrogen) atoms. The fourth-order valence-corrected chi connectivity index (χ4v) is 2.19. The topological polar surface area (TPSA) is 110 Å². The molecule has 0 aliphatic heterocycles. The molecule has 0 amide bonds. The molecule has 0 aliphatic rings. The zero-order chi connectivity index (χ0) is 15.0. The maximum Gasteiger partial charge on any atom is 0.331 e. The summed E-state index contributed by atoms with van der Waals surface area (Å²) in [5, 5.41) is 28.9. The maximum absolute atomic E-state index is 11.6. The number of H-pyrrole nitrogens is 1. The Morgan fingerprint density at radius 2 is 2.19 bits per heavy atom. The number of hydrogen-bond acceptors (Lipinski definition) is 5. The van der Waals surface area contributed by atoms with Gasteiger partial charge in [0.2, 0.25) is 5.82 Å². The van der Waals surface area contributed by atoms with Crippen LogP contribution in [0, 0.1) is 0 Å². The van der Waals surface area contributed by atoms with E-state index in [2.05, 4.69) is 25.7 Å². The molecule has 0 saturated carbocycles. The Morgan fingerprint density at radius 3 is 2.90 bits per heavy atom. The van der Waals surface area contributed by atoms with E-state index in [0.29, 0.717) is 17.9 Å². The molecule has 3 aromatic rings. The van der Waals surface area contributed by atoms with Gasteiger partial charge in [-0.3, -0.25) is 5.10 Å². The van der Waals surface area contributed by atoms with Crippen molar-refractivity contribution in [2.75, 3.05) is 0 Å². The van der Waals surface area contributed by atoms with Gasteiger partial charge in [-0.1, -0.05) is 25.1 Å². The van der Waals surface area contributed by atoms with Crippen LogP contribution in [0.1, 0.15) is 20.3 Å². The number of tetrazole rings is 1. The van der Waals surface area contributed by atoms with Crippen molar-refractivity contribution in [3.63, 3.8) is 0 Å². The first-order chi connectivity index (χ1) is 10.1. The SMILES string of the molecule is CCC(C)(C(=O)O)n1nnnc1-c1n[nH]c2ccccc12. The van der Waals surface area contributed by atoms with E-state index in [1.807, 2.05) is 24.3 Å². The van der Waals surface area contributed by atoms with Gasteiger partial charge in [0.1, 0.15) is 5.69 Å². The molecule has 3 rings (SSSR count). The largest absolute Gasteiger partial charge is 0.479 e. The first-order valence-corrected chi connectivity index (χ1v) is 6.53. The Labute approximate surface area is 119 Å². The number of aromatic nitrogens is 6. The minimum Gasteiger partial charge on any atom is -0.479 e. The van der Waals surface area contributed by atoms with E-state index in [4.69, 9.17) is 0 Å². The van der Waals surface area contributed by atoms with E-state index in [-0.39, 0.29) is 0 Å². The Kier molecular flexibility index (Phi) is 2.93. The van der Waals surface area contributed by atoms with Crippen molar-refractivity contribution in [2.45, 2.75) is 25.8 Å². The highest BCUT2D eigenvalue weighted by atomic mass is 16.4. The second kappa shape index (κ2) is 4.65. The molecule has 0 spiro atoms. The fraction of sp³-hybridized carbons (Fsp3) is 0.308. The van der Waals surface area contributed by atoms with Crippen LogP contribution in [0.3, 0.4) is 0 Å². The Morgan fingerprint density at radius 1 is 1.43 bits per heavy atom.